The van der Waals surface area contributed by atoms with Gasteiger partial charge in [0.15, 0.2) is 11.5 Å². The predicted octanol–water partition coefficient (Wildman–Crippen LogP) is 0.704. The van der Waals surface area contributed by atoms with Gasteiger partial charge in [0, 0.05) is 18.6 Å². The van der Waals surface area contributed by atoms with Crippen LogP contribution in [0.2, 0.25) is 0 Å². The normalized spacial score (nSPS) is 14.7. The Labute approximate surface area is 107 Å². The van der Waals surface area contributed by atoms with Gasteiger partial charge in [0.1, 0.15) is 0 Å². The highest BCUT2D eigenvalue weighted by Crippen LogP contribution is 2.26. The lowest BCUT2D eigenvalue weighted by molar-refractivity contribution is 0.209. The highest BCUT2D eigenvalue weighted by Gasteiger charge is 2.14. The topological polar surface area (TPSA) is 98.7 Å². The molecule has 102 valence electrons. The summed E-state index contributed by atoms with van der Waals surface area (Å²) >= 11 is 0. The van der Waals surface area contributed by atoms with Gasteiger partial charge in [-0.05, 0) is 23.6 Å². The summed E-state index contributed by atoms with van der Waals surface area (Å²) in [5.41, 5.74) is 6.71. The fourth-order valence-corrected chi connectivity index (χ4v) is 1.68. The average molecular weight is 254 g/mol. The van der Waals surface area contributed by atoms with Gasteiger partial charge in [0.2, 0.25) is 0 Å². The number of hydrogen-bond acceptors (Lipinski definition) is 5. The van der Waals surface area contributed by atoms with Crippen LogP contribution in [-0.4, -0.2) is 34.5 Å². The van der Waals surface area contributed by atoms with Crippen LogP contribution in [-0.2, 0) is 0 Å². The molecule has 0 saturated heterocycles. The Balaban J connectivity index is 2.59. The molecule has 1 rings (SSSR count). The zero-order chi connectivity index (χ0) is 13.7. The maximum Gasteiger partial charge on any atom is 0.157 e. The van der Waals surface area contributed by atoms with Crippen LogP contribution >= 0.6 is 0 Å². The monoisotopic (exact) mass is 254 g/mol. The fraction of sp³-hybridized carbons (Fsp3) is 0.538. The summed E-state index contributed by atoms with van der Waals surface area (Å²) in [7, 11) is 0. The number of nitrogens with two attached hydrogens (primary N) is 1. The van der Waals surface area contributed by atoms with Gasteiger partial charge in [-0.25, -0.2) is 0 Å². The van der Waals surface area contributed by atoms with Gasteiger partial charge in [-0.3, -0.25) is 0 Å². The van der Waals surface area contributed by atoms with E-state index in [1.807, 2.05) is 13.8 Å². The lowest BCUT2D eigenvalue weighted by Crippen LogP contribution is -2.40. The number of aliphatic hydroxyl groups is 1. The summed E-state index contributed by atoms with van der Waals surface area (Å²) in [4.78, 5) is 0. The van der Waals surface area contributed by atoms with Crippen LogP contribution in [0.25, 0.3) is 0 Å². The highest BCUT2D eigenvalue weighted by molar-refractivity contribution is 5.41. The molecule has 0 radical (unpaired) electrons. The average Bonchev–Trinajstić information content (AvgIpc) is 2.32. The van der Waals surface area contributed by atoms with Crippen LogP contribution in [0.4, 0.5) is 0 Å². The molecule has 0 spiro atoms. The molecule has 0 aliphatic heterocycles. The summed E-state index contributed by atoms with van der Waals surface area (Å²) in [5.74, 6) is -0.0183. The summed E-state index contributed by atoms with van der Waals surface area (Å²) < 4.78 is 0. The van der Waals surface area contributed by atoms with E-state index in [0.29, 0.717) is 12.5 Å². The first-order valence-electron chi connectivity index (χ1n) is 6.07. The van der Waals surface area contributed by atoms with E-state index >= 15 is 0 Å². The molecule has 0 fully saturated rings. The van der Waals surface area contributed by atoms with Crippen molar-refractivity contribution in [3.63, 3.8) is 0 Å². The van der Waals surface area contributed by atoms with Crippen molar-refractivity contribution < 1.29 is 15.3 Å². The first-order valence-corrected chi connectivity index (χ1v) is 6.07. The number of hydrogen-bond donors (Lipinski definition) is 5. The third kappa shape index (κ3) is 3.87. The summed E-state index contributed by atoms with van der Waals surface area (Å²) in [6.45, 7) is 4.59. The van der Waals surface area contributed by atoms with Crippen LogP contribution in [0, 0.1) is 5.92 Å². The molecule has 0 saturated carbocycles. The van der Waals surface area contributed by atoms with Crippen LogP contribution in [0.5, 0.6) is 11.5 Å². The smallest absolute Gasteiger partial charge is 0.157 e. The second-order valence-electron chi connectivity index (χ2n) is 4.80. The molecular weight excluding hydrogens is 232 g/mol. The van der Waals surface area contributed by atoms with E-state index in [1.165, 1.54) is 12.1 Å². The number of benzene rings is 1. The Kier molecular flexibility index (Phi) is 5.40. The maximum atomic E-state index is 9.39. The number of nitrogens with one attached hydrogen (secondary N) is 1. The summed E-state index contributed by atoms with van der Waals surface area (Å²) in [5, 5.41) is 31.0. The van der Waals surface area contributed by atoms with Crippen molar-refractivity contribution in [3.8, 4) is 11.5 Å². The second kappa shape index (κ2) is 6.58. The van der Waals surface area contributed by atoms with Crippen molar-refractivity contribution in [1.82, 2.24) is 5.32 Å². The lowest BCUT2D eigenvalue weighted by atomic mass is 10.0. The minimum Gasteiger partial charge on any atom is -0.504 e. The highest BCUT2D eigenvalue weighted by atomic mass is 16.3. The lowest BCUT2D eigenvalue weighted by Gasteiger charge is -2.22. The van der Waals surface area contributed by atoms with Crippen molar-refractivity contribution in [1.29, 1.82) is 0 Å². The quantitative estimate of drug-likeness (QED) is 0.481. The van der Waals surface area contributed by atoms with E-state index in [4.69, 9.17) is 5.73 Å². The minimum atomic E-state index is -0.302. The fourth-order valence-electron chi connectivity index (χ4n) is 1.68. The van der Waals surface area contributed by atoms with Crippen molar-refractivity contribution in [3.05, 3.63) is 23.8 Å². The first-order chi connectivity index (χ1) is 8.45. The largest absolute Gasteiger partial charge is 0.504 e. The molecule has 1 aromatic rings. The Morgan fingerprint density at radius 1 is 1.22 bits per heavy atom. The molecule has 0 aliphatic carbocycles. The van der Waals surface area contributed by atoms with Gasteiger partial charge in [0.05, 0.1) is 6.61 Å². The number of aromatic hydroxyl groups is 2. The van der Waals surface area contributed by atoms with E-state index in [9.17, 15) is 15.3 Å². The SMILES string of the molecule is CC(C)[C@H](CO)NCC(N)c1ccc(O)c(O)c1. The Bertz CT molecular complexity index is 382. The maximum absolute atomic E-state index is 9.39. The second-order valence-corrected chi connectivity index (χ2v) is 4.80. The number of phenolic OH excluding ortho intramolecular Hbond substituents is 2. The Morgan fingerprint density at radius 3 is 2.39 bits per heavy atom. The standard InChI is InChI=1S/C13H22N2O3/c1-8(2)11(7-16)15-6-10(14)9-3-4-12(17)13(18)5-9/h3-5,8,10-11,15-18H,6-7,14H2,1-2H3/t10?,11-/m0/s1. The molecule has 18 heavy (non-hydrogen) atoms. The molecule has 0 amide bonds. The van der Waals surface area contributed by atoms with Crippen molar-refractivity contribution in [2.75, 3.05) is 13.2 Å². The zero-order valence-corrected chi connectivity index (χ0v) is 10.8. The van der Waals surface area contributed by atoms with Gasteiger partial charge < -0.3 is 26.4 Å². The third-order valence-corrected chi connectivity index (χ3v) is 3.03. The molecule has 1 aromatic carbocycles. The van der Waals surface area contributed by atoms with Crippen molar-refractivity contribution >= 4 is 0 Å². The van der Waals surface area contributed by atoms with Gasteiger partial charge in [-0.1, -0.05) is 19.9 Å². The third-order valence-electron chi connectivity index (χ3n) is 3.03. The van der Waals surface area contributed by atoms with E-state index in [2.05, 4.69) is 5.32 Å². The molecule has 2 atom stereocenters. The molecule has 5 nitrogen and oxygen atoms in total. The van der Waals surface area contributed by atoms with Crippen LogP contribution in [0.3, 0.4) is 0 Å². The van der Waals surface area contributed by atoms with E-state index < -0.39 is 0 Å². The molecule has 5 heteroatoms. The molecule has 1 unspecified atom stereocenters. The van der Waals surface area contributed by atoms with Crippen molar-refractivity contribution in [2.45, 2.75) is 25.9 Å². The van der Waals surface area contributed by atoms with Gasteiger partial charge >= 0.3 is 0 Å². The molecule has 0 aromatic heterocycles. The summed E-state index contributed by atoms with van der Waals surface area (Å²) in [6.07, 6.45) is 0. The van der Waals surface area contributed by atoms with Gasteiger partial charge in [-0.15, -0.1) is 0 Å². The Hall–Kier alpha value is -1.30. The molecule has 0 aliphatic rings. The number of rotatable bonds is 6. The summed E-state index contributed by atoms with van der Waals surface area (Å²) in [6, 6.07) is 4.23. The van der Waals surface area contributed by atoms with Crippen molar-refractivity contribution in [2.24, 2.45) is 11.7 Å². The predicted molar refractivity (Wildman–Crippen MR) is 70.4 cm³/mol. The van der Waals surface area contributed by atoms with E-state index in [0.717, 1.165) is 5.56 Å². The zero-order valence-electron chi connectivity index (χ0n) is 10.8. The first kappa shape index (κ1) is 14.8. The van der Waals surface area contributed by atoms with Gasteiger partial charge in [0.25, 0.3) is 0 Å². The molecular formula is C13H22N2O3. The van der Waals surface area contributed by atoms with Crippen LogP contribution in [0.15, 0.2) is 18.2 Å². The van der Waals surface area contributed by atoms with E-state index in [-0.39, 0.29) is 30.2 Å². The number of aliphatic hydroxyl groups excluding tert-OH is 1. The Morgan fingerprint density at radius 2 is 1.89 bits per heavy atom. The minimum absolute atomic E-state index is 0.00163. The molecule has 6 N–H and O–H groups in total. The van der Waals surface area contributed by atoms with Crippen LogP contribution in [0.1, 0.15) is 25.5 Å². The van der Waals surface area contributed by atoms with Crippen LogP contribution < -0.4 is 11.1 Å². The molecule has 0 heterocycles. The number of phenols is 2. The van der Waals surface area contributed by atoms with Gasteiger partial charge in [-0.2, -0.15) is 0 Å². The molecule has 0 bridgehead atoms. The van der Waals surface area contributed by atoms with E-state index in [1.54, 1.807) is 6.07 Å².